The lowest BCUT2D eigenvalue weighted by Crippen LogP contribution is -2.43. The summed E-state index contributed by atoms with van der Waals surface area (Å²) >= 11 is 0. The molecule has 3 N–H and O–H groups in total. The predicted octanol–water partition coefficient (Wildman–Crippen LogP) is 0.296. The Balaban J connectivity index is 2.53. The van der Waals surface area contributed by atoms with Crippen molar-refractivity contribution in [1.82, 2.24) is 14.8 Å². The van der Waals surface area contributed by atoms with E-state index in [2.05, 4.69) is 14.8 Å². The zero-order chi connectivity index (χ0) is 17.6. The first-order chi connectivity index (χ1) is 10.6. The highest BCUT2D eigenvalue weighted by atomic mass is 32.2. The highest BCUT2D eigenvalue weighted by molar-refractivity contribution is 7.87. The summed E-state index contributed by atoms with van der Waals surface area (Å²) in [5.41, 5.74) is -0.828. The fourth-order valence-electron chi connectivity index (χ4n) is 1.61. The molecule has 1 aromatic rings. The molecule has 0 atom stereocenters. The number of nitro groups is 1. The first kappa shape index (κ1) is 18.9. The number of benzene rings is 1. The molecule has 0 saturated heterocycles. The van der Waals surface area contributed by atoms with E-state index < -0.39 is 32.5 Å². The topological polar surface area (TPSA) is 130 Å². The van der Waals surface area contributed by atoms with Crippen LogP contribution in [-0.2, 0) is 10.2 Å². The molecule has 0 heterocycles. The van der Waals surface area contributed by atoms with Crippen molar-refractivity contribution in [1.29, 1.82) is 0 Å². The van der Waals surface area contributed by atoms with Crippen LogP contribution in [-0.4, -0.2) is 38.4 Å². The van der Waals surface area contributed by atoms with Crippen LogP contribution in [0.2, 0.25) is 0 Å². The zero-order valence-corrected chi connectivity index (χ0v) is 13.3. The number of carbonyl (C=O) groups is 1. The normalized spacial score (nSPS) is 11.5. The van der Waals surface area contributed by atoms with Crippen molar-refractivity contribution in [2.24, 2.45) is 0 Å². The summed E-state index contributed by atoms with van der Waals surface area (Å²) in [6.07, 6.45) is 0. The first-order valence-electron chi connectivity index (χ1n) is 6.61. The molecule has 9 nitrogen and oxygen atoms in total. The maximum absolute atomic E-state index is 13.6. The van der Waals surface area contributed by atoms with Crippen molar-refractivity contribution in [3.63, 3.8) is 0 Å². The molecule has 0 radical (unpaired) electrons. The molecule has 0 aliphatic carbocycles. The van der Waals surface area contributed by atoms with Crippen LogP contribution >= 0.6 is 0 Å². The number of hydrogen-bond acceptors (Lipinski definition) is 5. The Hall–Kier alpha value is -2.11. The quantitative estimate of drug-likeness (QED) is 0.353. The van der Waals surface area contributed by atoms with Gasteiger partial charge in [-0.05, 0) is 19.9 Å². The largest absolute Gasteiger partial charge is 0.351 e. The van der Waals surface area contributed by atoms with Gasteiger partial charge in [0.05, 0.1) is 16.6 Å². The van der Waals surface area contributed by atoms with Gasteiger partial charge in [-0.3, -0.25) is 14.9 Å². The number of carbonyl (C=O) groups excluding carboxylic acids is 1. The summed E-state index contributed by atoms with van der Waals surface area (Å²) in [5, 5.41) is 12.8. The van der Waals surface area contributed by atoms with Crippen molar-refractivity contribution in [3.05, 3.63) is 39.7 Å². The van der Waals surface area contributed by atoms with Crippen molar-refractivity contribution < 1.29 is 22.5 Å². The van der Waals surface area contributed by atoms with Crippen LogP contribution in [0.3, 0.4) is 0 Å². The molecule has 1 amide bonds. The van der Waals surface area contributed by atoms with E-state index in [4.69, 9.17) is 0 Å². The van der Waals surface area contributed by atoms with Gasteiger partial charge in [-0.2, -0.15) is 13.1 Å². The summed E-state index contributed by atoms with van der Waals surface area (Å²) in [5.74, 6) is -1.83. The van der Waals surface area contributed by atoms with Gasteiger partial charge in [0, 0.05) is 25.2 Å². The minimum absolute atomic E-state index is 0.0751. The Morgan fingerprint density at radius 3 is 2.52 bits per heavy atom. The second-order valence-electron chi connectivity index (χ2n) is 4.85. The van der Waals surface area contributed by atoms with Crippen LogP contribution in [0.4, 0.5) is 10.1 Å². The number of nitrogens with zero attached hydrogens (tertiary/aromatic N) is 1. The second-order valence-corrected chi connectivity index (χ2v) is 6.38. The third-order valence-corrected chi connectivity index (χ3v) is 3.87. The molecule has 0 aromatic heterocycles. The molecule has 11 heteroatoms. The van der Waals surface area contributed by atoms with Gasteiger partial charge in [0.15, 0.2) is 0 Å². The molecule has 0 unspecified atom stereocenters. The van der Waals surface area contributed by atoms with E-state index in [1.54, 1.807) is 13.8 Å². The van der Waals surface area contributed by atoms with Gasteiger partial charge in [0.25, 0.3) is 21.8 Å². The number of nitrogens with one attached hydrogen (secondary N) is 3. The fourth-order valence-corrected chi connectivity index (χ4v) is 2.69. The van der Waals surface area contributed by atoms with E-state index in [1.165, 1.54) is 0 Å². The molecule has 1 rings (SSSR count). The van der Waals surface area contributed by atoms with Gasteiger partial charge in [0.1, 0.15) is 5.82 Å². The van der Waals surface area contributed by atoms with E-state index in [1.807, 2.05) is 0 Å². The molecule has 128 valence electrons. The van der Waals surface area contributed by atoms with E-state index in [9.17, 15) is 27.7 Å². The van der Waals surface area contributed by atoms with E-state index in [-0.39, 0.29) is 24.7 Å². The van der Waals surface area contributed by atoms with Gasteiger partial charge in [0.2, 0.25) is 0 Å². The molecular formula is C12H17FN4O5S. The van der Waals surface area contributed by atoms with Crippen LogP contribution in [0.15, 0.2) is 18.2 Å². The molecule has 0 spiro atoms. The summed E-state index contributed by atoms with van der Waals surface area (Å²) < 4.78 is 41.0. The third-order valence-electron chi connectivity index (χ3n) is 2.50. The predicted molar refractivity (Wildman–Crippen MR) is 80.6 cm³/mol. The molecule has 0 aliphatic heterocycles. The summed E-state index contributed by atoms with van der Waals surface area (Å²) in [4.78, 5) is 21.4. The Morgan fingerprint density at radius 1 is 1.35 bits per heavy atom. The van der Waals surface area contributed by atoms with Gasteiger partial charge >= 0.3 is 0 Å². The number of non-ortho nitro benzene ring substituents is 1. The lowest BCUT2D eigenvalue weighted by Gasteiger charge is -2.11. The average Bonchev–Trinajstić information content (AvgIpc) is 2.41. The zero-order valence-electron chi connectivity index (χ0n) is 12.5. The lowest BCUT2D eigenvalue weighted by atomic mass is 10.2. The monoisotopic (exact) mass is 348 g/mol. The minimum Gasteiger partial charge on any atom is -0.351 e. The van der Waals surface area contributed by atoms with Crippen molar-refractivity contribution >= 4 is 21.8 Å². The van der Waals surface area contributed by atoms with Crippen LogP contribution in [0, 0.1) is 15.9 Å². The van der Waals surface area contributed by atoms with E-state index in [0.29, 0.717) is 6.07 Å². The van der Waals surface area contributed by atoms with Gasteiger partial charge in [-0.25, -0.2) is 9.11 Å². The van der Waals surface area contributed by atoms with Crippen molar-refractivity contribution in [2.75, 3.05) is 13.1 Å². The van der Waals surface area contributed by atoms with Crippen molar-refractivity contribution in [3.8, 4) is 0 Å². The maximum Gasteiger partial charge on any atom is 0.277 e. The standard InChI is InChI=1S/C12H17FN4O5S/c1-8(2)16-23(21,22)15-6-5-14-12(18)10-4-3-9(17(19)20)7-11(10)13/h3-4,7-8,15-16H,5-6H2,1-2H3,(H,14,18). The van der Waals surface area contributed by atoms with Crippen LogP contribution in [0.25, 0.3) is 0 Å². The second kappa shape index (κ2) is 7.94. The SMILES string of the molecule is CC(C)NS(=O)(=O)NCCNC(=O)c1ccc([N+](=O)[O-])cc1F. The number of amides is 1. The van der Waals surface area contributed by atoms with E-state index >= 15 is 0 Å². The highest BCUT2D eigenvalue weighted by Gasteiger charge is 2.16. The van der Waals surface area contributed by atoms with Crippen molar-refractivity contribution in [2.45, 2.75) is 19.9 Å². The average molecular weight is 348 g/mol. The molecule has 0 aliphatic rings. The first-order valence-corrected chi connectivity index (χ1v) is 8.10. The van der Waals surface area contributed by atoms with E-state index in [0.717, 1.165) is 12.1 Å². The molecule has 0 bridgehead atoms. The Labute approximate surface area is 132 Å². The van der Waals surface area contributed by atoms with Gasteiger partial charge < -0.3 is 5.32 Å². The number of nitro benzene ring substituents is 1. The van der Waals surface area contributed by atoms with Gasteiger partial charge in [-0.1, -0.05) is 0 Å². The molecule has 23 heavy (non-hydrogen) atoms. The minimum atomic E-state index is -3.67. The number of rotatable bonds is 8. The van der Waals surface area contributed by atoms with Crippen LogP contribution < -0.4 is 14.8 Å². The lowest BCUT2D eigenvalue weighted by molar-refractivity contribution is -0.385. The smallest absolute Gasteiger partial charge is 0.277 e. The highest BCUT2D eigenvalue weighted by Crippen LogP contribution is 2.16. The summed E-state index contributed by atoms with van der Waals surface area (Å²) in [6, 6.07) is 2.36. The fraction of sp³-hybridized carbons (Fsp3) is 0.417. The summed E-state index contributed by atoms with van der Waals surface area (Å²) in [7, 11) is -3.67. The summed E-state index contributed by atoms with van der Waals surface area (Å²) in [6.45, 7) is 3.13. The van der Waals surface area contributed by atoms with Crippen LogP contribution in [0.1, 0.15) is 24.2 Å². The third kappa shape index (κ3) is 6.26. The molecule has 0 saturated carbocycles. The molecule has 1 aromatic carbocycles. The number of hydrogen-bond donors (Lipinski definition) is 3. The Morgan fingerprint density at radius 2 is 2.00 bits per heavy atom. The Kier molecular flexibility index (Phi) is 6.54. The number of halogens is 1. The molecular weight excluding hydrogens is 331 g/mol. The maximum atomic E-state index is 13.6. The molecule has 0 fully saturated rings. The Bertz CT molecular complexity index is 693. The van der Waals surface area contributed by atoms with Gasteiger partial charge in [-0.15, -0.1) is 0 Å². The van der Waals surface area contributed by atoms with Crippen LogP contribution in [0.5, 0.6) is 0 Å².